The van der Waals surface area contributed by atoms with E-state index in [4.69, 9.17) is 10.5 Å². The highest BCUT2D eigenvalue weighted by Crippen LogP contribution is 2.55. The number of benzene rings is 2. The van der Waals surface area contributed by atoms with Crippen molar-refractivity contribution < 1.29 is 18.3 Å². The first-order chi connectivity index (χ1) is 20.6. The molecular weight excluding hydrogens is 584 g/mol. The first kappa shape index (κ1) is 30.5. The van der Waals surface area contributed by atoms with Crippen LogP contribution in [0.1, 0.15) is 27.2 Å². The van der Waals surface area contributed by atoms with Gasteiger partial charge < -0.3 is 20.3 Å². The van der Waals surface area contributed by atoms with Gasteiger partial charge in [0.1, 0.15) is 17.2 Å². The van der Waals surface area contributed by atoms with E-state index in [1.54, 1.807) is 36.7 Å². The number of nitrogens with two attached hydrogens (primary N) is 1. The van der Waals surface area contributed by atoms with E-state index in [1.165, 1.54) is 12.1 Å². The fourth-order valence-corrected chi connectivity index (χ4v) is 7.25. The summed E-state index contributed by atoms with van der Waals surface area (Å²) in [4.78, 5) is 25.2. The minimum atomic E-state index is -0.423. The third-order valence-electron chi connectivity index (χ3n) is 9.50. The number of anilines is 2. The molecule has 0 radical (unpaired) electrons. The Morgan fingerprint density at radius 3 is 1.73 bits per heavy atom. The Kier molecular flexibility index (Phi) is 7.91. The lowest BCUT2D eigenvalue weighted by atomic mass is 10.1. The van der Waals surface area contributed by atoms with Crippen LogP contribution >= 0.6 is 12.4 Å². The number of hydrogen-bond donors (Lipinski definition) is 1. The Hall–Kier alpha value is -3.56. The smallest absolute Gasteiger partial charge is 0.306 e. The maximum absolute atomic E-state index is 13.6. The highest BCUT2D eigenvalue weighted by molar-refractivity contribution is 5.92. The quantitative estimate of drug-likeness (QED) is 0.281. The minimum absolute atomic E-state index is 0. The SMILES string of the molecule is CC(C)(C)OC(=O)CC1C2CN(c3ccnc4ccc(F)cc34)CC12.Cl.NC1C2CN(c3ccnc4ccc(F)cc34)CC12. The van der Waals surface area contributed by atoms with E-state index in [-0.39, 0.29) is 30.0 Å². The predicted octanol–water partition coefficient (Wildman–Crippen LogP) is 5.98. The van der Waals surface area contributed by atoms with Gasteiger partial charge in [-0.05, 0) is 98.9 Å². The van der Waals surface area contributed by atoms with Gasteiger partial charge in [0.05, 0.1) is 11.0 Å². The summed E-state index contributed by atoms with van der Waals surface area (Å²) in [5.41, 5.74) is 9.30. The molecule has 4 atom stereocenters. The molecule has 2 aromatic carbocycles. The molecule has 10 heteroatoms. The standard InChI is InChI=1S/C20H23FN2O2.C14H14FN3.ClH/c1-20(2,3)25-19(24)9-13-15-10-23(11-16(13)15)18-6-7-22-17-5-4-12(21)8-14(17)18;15-8-1-2-12-9(5-8)13(3-4-17-12)18-6-10-11(7-18)14(10)16;/h4-8,13,15-16H,9-11H2,1-3H3;1-5,10-11,14H,6-7,16H2;1H. The van der Waals surface area contributed by atoms with E-state index in [2.05, 4.69) is 19.8 Å². The number of hydrogen-bond acceptors (Lipinski definition) is 7. The van der Waals surface area contributed by atoms with Gasteiger partial charge in [-0.25, -0.2) is 8.78 Å². The van der Waals surface area contributed by atoms with Crippen LogP contribution in [-0.4, -0.2) is 53.8 Å². The zero-order chi connectivity index (χ0) is 30.0. The Morgan fingerprint density at radius 2 is 1.27 bits per heavy atom. The first-order valence-electron chi connectivity index (χ1n) is 15.1. The molecule has 2 saturated carbocycles. The van der Waals surface area contributed by atoms with Gasteiger partial charge in [0, 0.05) is 73.2 Å². The number of piperidine rings is 2. The molecule has 2 aliphatic heterocycles. The molecule has 2 aliphatic carbocycles. The highest BCUT2D eigenvalue weighted by Gasteiger charge is 2.56. The van der Waals surface area contributed by atoms with Gasteiger partial charge >= 0.3 is 5.97 Å². The Balaban J connectivity index is 0.000000160. The van der Waals surface area contributed by atoms with Gasteiger partial charge in [-0.15, -0.1) is 12.4 Å². The second-order valence-corrected chi connectivity index (χ2v) is 13.5. The molecule has 44 heavy (non-hydrogen) atoms. The summed E-state index contributed by atoms with van der Waals surface area (Å²) < 4.78 is 32.5. The average Bonchev–Trinajstić information content (AvgIpc) is 3.55. The molecule has 8 rings (SSSR count). The fraction of sp³-hybridized carbons (Fsp3) is 0.441. The normalized spacial score (nSPS) is 26.4. The zero-order valence-electron chi connectivity index (χ0n) is 25.1. The van der Waals surface area contributed by atoms with Crippen molar-refractivity contribution in [3.05, 3.63) is 72.6 Å². The van der Waals surface area contributed by atoms with Gasteiger partial charge in [0.15, 0.2) is 0 Å². The second kappa shape index (κ2) is 11.4. The molecule has 4 aliphatic rings. The van der Waals surface area contributed by atoms with Crippen molar-refractivity contribution in [2.75, 3.05) is 36.0 Å². The van der Waals surface area contributed by atoms with Crippen LogP contribution in [0, 0.1) is 41.2 Å². The van der Waals surface area contributed by atoms with Crippen LogP contribution in [0.4, 0.5) is 20.2 Å². The van der Waals surface area contributed by atoms with Crippen LogP contribution < -0.4 is 15.5 Å². The number of rotatable bonds is 4. The molecule has 7 nitrogen and oxygen atoms in total. The Labute approximate surface area is 262 Å². The lowest BCUT2D eigenvalue weighted by Gasteiger charge is -2.24. The molecule has 2 aromatic heterocycles. The van der Waals surface area contributed by atoms with Crippen LogP contribution in [0.2, 0.25) is 0 Å². The van der Waals surface area contributed by atoms with Crippen LogP contribution in [0.25, 0.3) is 21.8 Å². The number of aromatic nitrogens is 2. The van der Waals surface area contributed by atoms with Crippen molar-refractivity contribution >= 4 is 51.6 Å². The van der Waals surface area contributed by atoms with E-state index in [0.717, 1.165) is 59.4 Å². The predicted molar refractivity (Wildman–Crippen MR) is 171 cm³/mol. The molecule has 232 valence electrons. The van der Waals surface area contributed by atoms with Gasteiger partial charge in [-0.3, -0.25) is 14.8 Å². The van der Waals surface area contributed by atoms with Gasteiger partial charge in [-0.2, -0.15) is 0 Å². The zero-order valence-corrected chi connectivity index (χ0v) is 25.9. The summed E-state index contributed by atoms with van der Waals surface area (Å²) in [6.07, 6.45) is 4.07. The lowest BCUT2D eigenvalue weighted by Crippen LogP contribution is -2.28. The van der Waals surface area contributed by atoms with E-state index < -0.39 is 5.60 Å². The molecule has 0 bridgehead atoms. The summed E-state index contributed by atoms with van der Waals surface area (Å²) in [5.74, 6) is 2.19. The van der Waals surface area contributed by atoms with E-state index >= 15 is 0 Å². The number of nitrogens with zero attached hydrogens (tertiary/aromatic N) is 4. The number of carbonyl (C=O) groups excluding carboxylic acids is 1. The van der Waals surface area contributed by atoms with Crippen molar-refractivity contribution in [1.29, 1.82) is 0 Å². The van der Waals surface area contributed by atoms with Gasteiger partial charge in [0.25, 0.3) is 0 Å². The van der Waals surface area contributed by atoms with Crippen LogP contribution in [-0.2, 0) is 9.53 Å². The van der Waals surface area contributed by atoms with Crippen molar-refractivity contribution in [3.8, 4) is 0 Å². The summed E-state index contributed by atoms with van der Waals surface area (Å²) in [6.45, 7) is 9.49. The topological polar surface area (TPSA) is 84.6 Å². The Bertz CT molecular complexity index is 1690. The van der Waals surface area contributed by atoms with Crippen molar-refractivity contribution in [3.63, 3.8) is 0 Å². The maximum Gasteiger partial charge on any atom is 0.306 e. The van der Waals surface area contributed by atoms with E-state index in [0.29, 0.717) is 42.1 Å². The van der Waals surface area contributed by atoms with Gasteiger partial charge in [-0.1, -0.05) is 0 Å². The molecule has 4 unspecified atom stereocenters. The molecule has 2 N–H and O–H groups in total. The molecular formula is C34H38ClF2N5O2. The van der Waals surface area contributed by atoms with E-state index in [1.807, 2.05) is 32.9 Å². The summed E-state index contributed by atoms with van der Waals surface area (Å²) >= 11 is 0. The van der Waals surface area contributed by atoms with Crippen LogP contribution in [0.3, 0.4) is 0 Å². The van der Waals surface area contributed by atoms with Crippen molar-refractivity contribution in [1.82, 2.24) is 9.97 Å². The van der Waals surface area contributed by atoms with Crippen molar-refractivity contribution in [2.24, 2.45) is 35.3 Å². The third-order valence-corrected chi connectivity index (χ3v) is 9.50. The summed E-state index contributed by atoms with van der Waals surface area (Å²) in [7, 11) is 0. The maximum atomic E-state index is 13.6. The number of esters is 1. The van der Waals surface area contributed by atoms with Crippen molar-refractivity contribution in [2.45, 2.75) is 38.8 Å². The molecule has 4 heterocycles. The lowest BCUT2D eigenvalue weighted by molar-refractivity contribution is -0.155. The largest absolute Gasteiger partial charge is 0.460 e. The van der Waals surface area contributed by atoms with Crippen LogP contribution in [0.5, 0.6) is 0 Å². The minimum Gasteiger partial charge on any atom is -0.460 e. The Morgan fingerprint density at radius 1 is 0.818 bits per heavy atom. The summed E-state index contributed by atoms with van der Waals surface area (Å²) in [5, 5.41) is 1.75. The number of ether oxygens (including phenoxy) is 1. The molecule has 4 aromatic rings. The number of carbonyl (C=O) groups is 1. The second-order valence-electron chi connectivity index (χ2n) is 13.5. The molecule has 0 spiro atoms. The molecule has 0 amide bonds. The molecule has 4 fully saturated rings. The van der Waals surface area contributed by atoms with E-state index in [9.17, 15) is 13.6 Å². The summed E-state index contributed by atoms with van der Waals surface area (Å²) in [6, 6.07) is 13.8. The van der Waals surface area contributed by atoms with Gasteiger partial charge in [0.2, 0.25) is 0 Å². The monoisotopic (exact) mass is 621 g/mol. The number of fused-ring (bicyclic) bond motifs is 4. The highest BCUT2D eigenvalue weighted by atomic mass is 35.5. The van der Waals surface area contributed by atoms with Crippen LogP contribution in [0.15, 0.2) is 60.9 Å². The average molecular weight is 622 g/mol. The molecule has 2 saturated heterocycles. The third kappa shape index (κ3) is 5.92. The first-order valence-corrected chi connectivity index (χ1v) is 15.1. The fourth-order valence-electron chi connectivity index (χ4n) is 7.25. The number of halogens is 3. The number of pyridine rings is 2.